The second kappa shape index (κ2) is 7.68. The maximum Gasteiger partial charge on any atom is 0.195 e. The first-order chi connectivity index (χ1) is 8.02. The van der Waals surface area contributed by atoms with Gasteiger partial charge in [-0.05, 0) is 38.5 Å². The highest BCUT2D eigenvalue weighted by Crippen LogP contribution is 2.40. The van der Waals surface area contributed by atoms with E-state index in [1.165, 1.54) is 0 Å². The molecule has 0 radical (unpaired) electrons. The van der Waals surface area contributed by atoms with Gasteiger partial charge in [0.15, 0.2) is 3.79 Å². The van der Waals surface area contributed by atoms with E-state index in [9.17, 15) is 5.11 Å². The minimum atomic E-state index is -1.39. The molecule has 2 unspecified atom stereocenters. The minimum Gasteiger partial charge on any atom is -0.393 e. The third kappa shape index (κ3) is 6.15. The van der Waals surface area contributed by atoms with E-state index in [0.717, 1.165) is 25.7 Å². The van der Waals surface area contributed by atoms with Crippen LogP contribution < -0.4 is 0 Å². The lowest BCUT2D eigenvalue weighted by Gasteiger charge is -2.28. The van der Waals surface area contributed by atoms with Gasteiger partial charge in [0.05, 0.1) is 6.10 Å². The van der Waals surface area contributed by atoms with E-state index in [2.05, 4.69) is 24.3 Å². The van der Waals surface area contributed by atoms with E-state index in [4.69, 9.17) is 34.8 Å². The first-order valence-corrected chi connectivity index (χ1v) is 7.20. The van der Waals surface area contributed by atoms with Crippen LogP contribution in [0.25, 0.3) is 0 Å². The van der Waals surface area contributed by atoms with Gasteiger partial charge in [-0.2, -0.15) is 0 Å². The van der Waals surface area contributed by atoms with E-state index >= 15 is 0 Å². The average Bonchev–Trinajstić information content (AvgIpc) is 2.21. The molecule has 17 heavy (non-hydrogen) atoms. The van der Waals surface area contributed by atoms with Crippen molar-refractivity contribution in [2.45, 2.75) is 48.4 Å². The van der Waals surface area contributed by atoms with Gasteiger partial charge in [-0.25, -0.2) is 0 Å². The molecule has 0 heterocycles. The summed E-state index contributed by atoms with van der Waals surface area (Å²) in [6.45, 7) is 0. The van der Waals surface area contributed by atoms with Crippen LogP contribution in [0.15, 0.2) is 24.3 Å². The van der Waals surface area contributed by atoms with Crippen LogP contribution >= 0.6 is 34.8 Å². The molecule has 98 valence electrons. The highest BCUT2D eigenvalue weighted by molar-refractivity contribution is 6.67. The van der Waals surface area contributed by atoms with Crippen molar-refractivity contribution in [1.29, 1.82) is 0 Å². The molecule has 1 nitrogen and oxygen atoms in total. The summed E-state index contributed by atoms with van der Waals surface area (Å²) in [4.78, 5) is 0. The van der Waals surface area contributed by atoms with Crippen LogP contribution in [0.1, 0.15) is 38.5 Å². The molecule has 2 atom stereocenters. The highest BCUT2D eigenvalue weighted by Gasteiger charge is 2.36. The molecule has 0 bridgehead atoms. The van der Waals surface area contributed by atoms with Crippen LogP contribution in [0.4, 0.5) is 0 Å². The van der Waals surface area contributed by atoms with Crippen molar-refractivity contribution < 1.29 is 5.11 Å². The quantitative estimate of drug-likeness (QED) is 0.503. The Labute approximate surface area is 118 Å². The van der Waals surface area contributed by atoms with Crippen LogP contribution in [0.2, 0.25) is 0 Å². The molecular weight excluding hydrogens is 279 g/mol. The summed E-state index contributed by atoms with van der Waals surface area (Å²) in [7, 11) is 0. The van der Waals surface area contributed by atoms with E-state index in [1.807, 2.05) is 0 Å². The molecule has 0 spiro atoms. The predicted molar refractivity (Wildman–Crippen MR) is 75.8 cm³/mol. The molecule has 1 rings (SSSR count). The summed E-state index contributed by atoms with van der Waals surface area (Å²) >= 11 is 17.8. The fourth-order valence-electron chi connectivity index (χ4n) is 1.98. The number of alkyl halides is 3. The normalized spacial score (nSPS) is 32.2. The van der Waals surface area contributed by atoms with Gasteiger partial charge >= 0.3 is 0 Å². The van der Waals surface area contributed by atoms with Gasteiger partial charge in [0.2, 0.25) is 0 Å². The summed E-state index contributed by atoms with van der Waals surface area (Å²) in [5.74, 6) is -0.301. The third-order valence-electron chi connectivity index (χ3n) is 2.99. The second-order valence-corrected chi connectivity index (χ2v) is 6.76. The van der Waals surface area contributed by atoms with Crippen molar-refractivity contribution in [1.82, 2.24) is 0 Å². The Morgan fingerprint density at radius 2 is 1.29 bits per heavy atom. The molecule has 1 aliphatic rings. The molecule has 0 saturated carbocycles. The van der Waals surface area contributed by atoms with Gasteiger partial charge in [-0.3, -0.25) is 0 Å². The highest BCUT2D eigenvalue weighted by atomic mass is 35.6. The second-order valence-electron chi connectivity index (χ2n) is 4.39. The Hall–Kier alpha value is 0.310. The maximum absolute atomic E-state index is 10.1. The van der Waals surface area contributed by atoms with Crippen LogP contribution in [0.3, 0.4) is 0 Å². The van der Waals surface area contributed by atoms with Crippen molar-refractivity contribution in [3.8, 4) is 0 Å². The third-order valence-corrected chi connectivity index (χ3v) is 3.83. The Morgan fingerprint density at radius 1 is 0.824 bits per heavy atom. The van der Waals surface area contributed by atoms with Gasteiger partial charge in [-0.15, -0.1) is 0 Å². The summed E-state index contributed by atoms with van der Waals surface area (Å²) in [6, 6.07) is 0. The number of aliphatic hydroxyl groups is 1. The lowest BCUT2D eigenvalue weighted by Crippen LogP contribution is -2.31. The summed E-state index contributed by atoms with van der Waals surface area (Å²) in [5.41, 5.74) is 0. The maximum atomic E-state index is 10.1. The summed E-state index contributed by atoms with van der Waals surface area (Å²) < 4.78 is -1.39. The SMILES string of the molecule is OC1CC/C=C/CC/C=C/CCC1C(Cl)(Cl)Cl. The van der Waals surface area contributed by atoms with Crippen LogP contribution in [-0.4, -0.2) is 15.0 Å². The van der Waals surface area contributed by atoms with Crippen molar-refractivity contribution in [2.75, 3.05) is 0 Å². The lowest BCUT2D eigenvalue weighted by atomic mass is 9.94. The zero-order chi connectivity index (χ0) is 12.7. The molecular formula is C13H19Cl3O. The molecule has 0 saturated heterocycles. The minimum absolute atomic E-state index is 0.301. The molecule has 0 fully saturated rings. The Balaban J connectivity index is 2.66. The van der Waals surface area contributed by atoms with Gasteiger partial charge in [-0.1, -0.05) is 59.1 Å². The van der Waals surface area contributed by atoms with Crippen molar-refractivity contribution in [3.63, 3.8) is 0 Å². The topological polar surface area (TPSA) is 20.2 Å². The van der Waals surface area contributed by atoms with Crippen molar-refractivity contribution in [2.24, 2.45) is 5.92 Å². The van der Waals surface area contributed by atoms with Crippen LogP contribution in [0.5, 0.6) is 0 Å². The number of aliphatic hydroxyl groups excluding tert-OH is 1. The molecule has 4 heteroatoms. The van der Waals surface area contributed by atoms with Gasteiger partial charge in [0.25, 0.3) is 0 Å². The Bertz CT molecular complexity index is 268. The number of hydrogen-bond donors (Lipinski definition) is 1. The zero-order valence-corrected chi connectivity index (χ0v) is 12.1. The fraction of sp³-hybridized carbons (Fsp3) is 0.692. The van der Waals surface area contributed by atoms with Crippen molar-refractivity contribution >= 4 is 34.8 Å². The van der Waals surface area contributed by atoms with Crippen LogP contribution in [-0.2, 0) is 0 Å². The Morgan fingerprint density at radius 3 is 1.82 bits per heavy atom. The lowest BCUT2D eigenvalue weighted by molar-refractivity contribution is 0.0969. The molecule has 1 aliphatic carbocycles. The van der Waals surface area contributed by atoms with E-state index in [0.29, 0.717) is 12.8 Å². The molecule has 0 aliphatic heterocycles. The number of rotatable bonds is 0. The smallest absolute Gasteiger partial charge is 0.195 e. The van der Waals surface area contributed by atoms with Crippen molar-refractivity contribution in [3.05, 3.63) is 24.3 Å². The zero-order valence-electron chi connectivity index (χ0n) is 9.79. The molecule has 0 amide bonds. The average molecular weight is 298 g/mol. The standard InChI is InChI=1S/C13H19Cl3O/c14-13(15,16)11-9-7-5-3-1-2-4-6-8-10-12(11)17/h3-6,11-12,17H,1-2,7-10H2/b5-3+,6-4+. The van der Waals surface area contributed by atoms with E-state index < -0.39 is 9.90 Å². The van der Waals surface area contributed by atoms with Gasteiger partial charge < -0.3 is 5.11 Å². The predicted octanol–water partition coefficient (Wildman–Crippen LogP) is 4.80. The first-order valence-electron chi connectivity index (χ1n) is 6.06. The number of halogens is 3. The van der Waals surface area contributed by atoms with Gasteiger partial charge in [0.1, 0.15) is 0 Å². The van der Waals surface area contributed by atoms with Gasteiger partial charge in [0, 0.05) is 5.92 Å². The van der Waals surface area contributed by atoms with E-state index in [-0.39, 0.29) is 5.92 Å². The molecule has 0 aromatic rings. The van der Waals surface area contributed by atoms with E-state index in [1.54, 1.807) is 0 Å². The number of allylic oxidation sites excluding steroid dienone is 4. The number of hydrogen-bond acceptors (Lipinski definition) is 1. The molecule has 0 aromatic carbocycles. The molecule has 0 aromatic heterocycles. The molecule has 1 N–H and O–H groups in total. The monoisotopic (exact) mass is 296 g/mol. The Kier molecular flexibility index (Phi) is 6.94. The summed E-state index contributed by atoms with van der Waals surface area (Å²) in [6.07, 6.45) is 13.1. The first kappa shape index (κ1) is 15.4. The summed E-state index contributed by atoms with van der Waals surface area (Å²) in [5, 5.41) is 10.1. The van der Waals surface area contributed by atoms with Crippen LogP contribution in [0, 0.1) is 5.92 Å². The largest absolute Gasteiger partial charge is 0.393 e. The fourth-order valence-corrected chi connectivity index (χ4v) is 2.75.